The number of benzene rings is 1. The van der Waals surface area contributed by atoms with Crippen molar-refractivity contribution >= 4 is 30.9 Å². The Balaban J connectivity index is 2.43. The molecule has 1 aromatic carbocycles. The Morgan fingerprint density at radius 3 is 2.41 bits per heavy atom. The molecule has 0 aromatic heterocycles. The maximum Gasteiger partial charge on any atom is 0.331 e. The molecule has 1 atom stereocenters. The second kappa shape index (κ2) is 3.91. The van der Waals surface area contributed by atoms with Gasteiger partial charge in [-0.05, 0) is 26.0 Å². The molecule has 2 rings (SSSR count). The first kappa shape index (κ1) is 11.7. The van der Waals surface area contributed by atoms with Crippen molar-refractivity contribution in [2.75, 3.05) is 11.9 Å². The highest BCUT2D eigenvalue weighted by molar-refractivity contribution is 6.33. The number of anilines is 1. The number of hydrogen-bond donors (Lipinski definition) is 0. The number of likely N-dealkylation sites (N-methyl/N-ethyl adjacent to an activating group) is 1. The predicted octanol–water partition coefficient (Wildman–Crippen LogP) is 0.0403. The minimum atomic E-state index is -0.422. The lowest BCUT2D eigenvalue weighted by Crippen LogP contribution is -2.33. The van der Waals surface area contributed by atoms with Crippen LogP contribution in [0, 0.1) is 6.92 Å². The van der Waals surface area contributed by atoms with Crippen LogP contribution in [0.2, 0.25) is 0 Å². The lowest BCUT2D eigenvalue weighted by atomic mass is 9.91. The number of carbonyl (C=O) groups is 2. The summed E-state index contributed by atoms with van der Waals surface area (Å²) in [7, 11) is 3.54. The molecule has 1 unspecified atom stereocenters. The molecule has 1 fully saturated rings. The third kappa shape index (κ3) is 1.71. The van der Waals surface area contributed by atoms with Gasteiger partial charge >= 0.3 is 6.03 Å². The molecule has 17 heavy (non-hydrogen) atoms. The van der Waals surface area contributed by atoms with Gasteiger partial charge in [0, 0.05) is 12.7 Å². The van der Waals surface area contributed by atoms with Crippen LogP contribution in [0.15, 0.2) is 18.2 Å². The molecule has 0 radical (unpaired) electrons. The molecule has 0 saturated carbocycles. The summed E-state index contributed by atoms with van der Waals surface area (Å²) in [6, 6.07) is 5.10. The van der Waals surface area contributed by atoms with E-state index in [1.54, 1.807) is 6.92 Å². The fourth-order valence-corrected chi connectivity index (χ4v) is 2.02. The standard InChI is InChI=1S/C12H15BN2O2/c1-7-6-9(4-5-10(7)13)15-8(2)11(16)14(3)12(15)17/h4-6,8H,13H2,1-3H3. The maximum absolute atomic E-state index is 12.0. The average Bonchev–Trinajstić information content (AvgIpc) is 2.48. The molecule has 1 saturated heterocycles. The first-order valence-electron chi connectivity index (χ1n) is 5.61. The van der Waals surface area contributed by atoms with Crippen LogP contribution in [-0.2, 0) is 4.79 Å². The van der Waals surface area contributed by atoms with Crippen molar-refractivity contribution in [3.05, 3.63) is 23.8 Å². The first-order chi connectivity index (χ1) is 7.93. The third-order valence-corrected chi connectivity index (χ3v) is 3.34. The summed E-state index contributed by atoms with van der Waals surface area (Å²) < 4.78 is 0. The Labute approximate surface area is 102 Å². The highest BCUT2D eigenvalue weighted by Crippen LogP contribution is 2.24. The molecule has 1 aliphatic rings. The number of aryl methyl sites for hydroxylation is 1. The van der Waals surface area contributed by atoms with Crippen LogP contribution < -0.4 is 10.4 Å². The van der Waals surface area contributed by atoms with Crippen molar-refractivity contribution in [2.45, 2.75) is 19.9 Å². The van der Waals surface area contributed by atoms with Crippen molar-refractivity contribution in [1.82, 2.24) is 4.90 Å². The van der Waals surface area contributed by atoms with Crippen LogP contribution in [0.25, 0.3) is 0 Å². The van der Waals surface area contributed by atoms with E-state index in [0.29, 0.717) is 0 Å². The largest absolute Gasteiger partial charge is 0.331 e. The van der Waals surface area contributed by atoms with Crippen LogP contribution in [0.5, 0.6) is 0 Å². The zero-order valence-corrected chi connectivity index (χ0v) is 10.5. The van der Waals surface area contributed by atoms with Gasteiger partial charge in [0.05, 0.1) is 0 Å². The number of nitrogens with zero attached hydrogens (tertiary/aromatic N) is 2. The van der Waals surface area contributed by atoms with E-state index in [9.17, 15) is 9.59 Å². The molecule has 0 aliphatic carbocycles. The summed E-state index contributed by atoms with van der Waals surface area (Å²) in [6.07, 6.45) is 0. The van der Waals surface area contributed by atoms with Crippen molar-refractivity contribution in [3.63, 3.8) is 0 Å². The lowest BCUT2D eigenvalue weighted by Gasteiger charge is -2.19. The lowest BCUT2D eigenvalue weighted by molar-refractivity contribution is -0.125. The van der Waals surface area contributed by atoms with E-state index in [1.807, 2.05) is 33.0 Å². The van der Waals surface area contributed by atoms with E-state index in [1.165, 1.54) is 22.3 Å². The molecule has 5 heteroatoms. The topological polar surface area (TPSA) is 40.6 Å². The fourth-order valence-electron chi connectivity index (χ4n) is 2.02. The fraction of sp³-hybridized carbons (Fsp3) is 0.333. The summed E-state index contributed by atoms with van der Waals surface area (Å²) in [5.74, 6) is -0.159. The Morgan fingerprint density at radius 2 is 1.94 bits per heavy atom. The number of rotatable bonds is 1. The molecule has 1 aromatic rings. The Hall–Kier alpha value is -1.78. The summed E-state index contributed by atoms with van der Waals surface area (Å²) in [6.45, 7) is 3.74. The van der Waals surface area contributed by atoms with Crippen LogP contribution in [-0.4, -0.2) is 37.8 Å². The highest BCUT2D eigenvalue weighted by Gasteiger charge is 2.40. The summed E-state index contributed by atoms with van der Waals surface area (Å²) in [5, 5.41) is 0. The number of imide groups is 1. The number of urea groups is 1. The van der Waals surface area contributed by atoms with E-state index >= 15 is 0 Å². The van der Waals surface area contributed by atoms with Gasteiger partial charge in [-0.1, -0.05) is 17.1 Å². The Kier molecular flexibility index (Phi) is 2.69. The quantitative estimate of drug-likeness (QED) is 0.504. The van der Waals surface area contributed by atoms with Crippen molar-refractivity contribution < 1.29 is 9.59 Å². The van der Waals surface area contributed by atoms with Crippen LogP contribution in [0.3, 0.4) is 0 Å². The molecule has 0 N–H and O–H groups in total. The van der Waals surface area contributed by atoms with Gasteiger partial charge in [-0.15, -0.1) is 0 Å². The van der Waals surface area contributed by atoms with E-state index in [4.69, 9.17) is 0 Å². The molecule has 4 nitrogen and oxygen atoms in total. The van der Waals surface area contributed by atoms with Crippen molar-refractivity contribution in [1.29, 1.82) is 0 Å². The average molecular weight is 230 g/mol. The molecular formula is C12H15BN2O2. The van der Waals surface area contributed by atoms with Gasteiger partial charge < -0.3 is 0 Å². The predicted molar refractivity (Wildman–Crippen MR) is 69.5 cm³/mol. The molecule has 1 heterocycles. The number of amides is 3. The van der Waals surface area contributed by atoms with Crippen molar-refractivity contribution in [3.8, 4) is 0 Å². The van der Waals surface area contributed by atoms with Crippen molar-refractivity contribution in [2.24, 2.45) is 0 Å². The zero-order chi connectivity index (χ0) is 12.7. The van der Waals surface area contributed by atoms with Gasteiger partial charge in [0.2, 0.25) is 0 Å². The maximum atomic E-state index is 12.0. The van der Waals surface area contributed by atoms with Crippen LogP contribution in [0.1, 0.15) is 12.5 Å². The first-order valence-corrected chi connectivity index (χ1v) is 5.61. The molecule has 0 spiro atoms. The molecule has 1 aliphatic heterocycles. The number of carbonyl (C=O) groups excluding carboxylic acids is 2. The van der Waals surface area contributed by atoms with Gasteiger partial charge in [-0.25, -0.2) is 4.79 Å². The minimum absolute atomic E-state index is 0.159. The van der Waals surface area contributed by atoms with E-state index in [-0.39, 0.29) is 11.9 Å². The smallest absolute Gasteiger partial charge is 0.282 e. The normalized spacial score (nSPS) is 20.3. The second-order valence-electron chi connectivity index (χ2n) is 4.49. The third-order valence-electron chi connectivity index (χ3n) is 3.34. The molecule has 3 amide bonds. The van der Waals surface area contributed by atoms with E-state index in [0.717, 1.165) is 11.3 Å². The second-order valence-corrected chi connectivity index (χ2v) is 4.49. The van der Waals surface area contributed by atoms with Gasteiger partial charge in [-0.2, -0.15) is 0 Å². The van der Waals surface area contributed by atoms with Gasteiger partial charge in [0.25, 0.3) is 5.91 Å². The Bertz CT molecular complexity index is 501. The summed E-state index contributed by atoms with van der Waals surface area (Å²) in [4.78, 5) is 26.4. The molecular weight excluding hydrogens is 215 g/mol. The monoisotopic (exact) mass is 230 g/mol. The zero-order valence-electron chi connectivity index (χ0n) is 10.5. The molecule has 88 valence electrons. The van der Waals surface area contributed by atoms with Crippen LogP contribution in [0.4, 0.5) is 10.5 Å². The summed E-state index contributed by atoms with van der Waals surface area (Å²) in [5.41, 5.74) is 3.07. The highest BCUT2D eigenvalue weighted by atomic mass is 16.2. The van der Waals surface area contributed by atoms with Gasteiger partial charge in [0.15, 0.2) is 0 Å². The van der Waals surface area contributed by atoms with Crippen LogP contribution >= 0.6 is 0 Å². The molecule has 0 bridgehead atoms. The number of hydrogen-bond acceptors (Lipinski definition) is 2. The minimum Gasteiger partial charge on any atom is -0.282 e. The van der Waals surface area contributed by atoms with E-state index in [2.05, 4.69) is 0 Å². The van der Waals surface area contributed by atoms with E-state index < -0.39 is 6.04 Å². The van der Waals surface area contributed by atoms with Gasteiger partial charge in [0.1, 0.15) is 13.9 Å². The summed E-state index contributed by atoms with van der Waals surface area (Å²) >= 11 is 0. The SMILES string of the molecule is Bc1ccc(N2C(=O)N(C)C(=O)C2C)cc1C. The van der Waals surface area contributed by atoms with Gasteiger partial charge in [-0.3, -0.25) is 14.6 Å². The Morgan fingerprint density at radius 1 is 1.29 bits per heavy atom.